The molecular weight excluding hydrogens is 296 g/mol. The fraction of sp³-hybridized carbons (Fsp3) is 0.278. The molecule has 0 amide bonds. The molecule has 1 aromatic heterocycles. The van der Waals surface area contributed by atoms with Gasteiger partial charge in [-0.05, 0) is 55.7 Å². The highest BCUT2D eigenvalue weighted by atomic mass is 35.5. The van der Waals surface area contributed by atoms with Crippen LogP contribution in [-0.4, -0.2) is 16.2 Å². The van der Waals surface area contributed by atoms with Crippen molar-refractivity contribution in [3.05, 3.63) is 59.4 Å². The maximum atomic E-state index is 6.00. The van der Waals surface area contributed by atoms with Crippen LogP contribution in [0.4, 0.5) is 0 Å². The van der Waals surface area contributed by atoms with E-state index in [1.54, 1.807) is 0 Å². The SMILES string of the molecule is Cc1cc(OCCCCn2cnc3ccccc32)ccc1Cl. The van der Waals surface area contributed by atoms with Crippen molar-refractivity contribution in [2.24, 2.45) is 0 Å². The lowest BCUT2D eigenvalue weighted by Crippen LogP contribution is -2.01. The van der Waals surface area contributed by atoms with Gasteiger partial charge < -0.3 is 9.30 Å². The van der Waals surface area contributed by atoms with Crippen molar-refractivity contribution >= 4 is 22.6 Å². The molecule has 0 atom stereocenters. The fourth-order valence-corrected chi connectivity index (χ4v) is 2.59. The standard InChI is InChI=1S/C18H19ClN2O/c1-14-12-15(8-9-16(14)19)22-11-5-4-10-21-13-20-17-6-2-3-7-18(17)21/h2-3,6-9,12-13H,4-5,10-11H2,1H3. The lowest BCUT2D eigenvalue weighted by Gasteiger charge is -2.08. The maximum absolute atomic E-state index is 6.00. The van der Waals surface area contributed by atoms with Crippen molar-refractivity contribution in [1.82, 2.24) is 9.55 Å². The van der Waals surface area contributed by atoms with Gasteiger partial charge in [0.1, 0.15) is 5.75 Å². The number of para-hydroxylation sites is 2. The Labute approximate surface area is 135 Å². The van der Waals surface area contributed by atoms with Gasteiger partial charge in [-0.25, -0.2) is 4.98 Å². The van der Waals surface area contributed by atoms with E-state index in [1.807, 2.05) is 49.6 Å². The van der Waals surface area contributed by atoms with E-state index in [9.17, 15) is 0 Å². The van der Waals surface area contributed by atoms with E-state index in [-0.39, 0.29) is 0 Å². The molecule has 3 nitrogen and oxygen atoms in total. The van der Waals surface area contributed by atoms with Crippen LogP contribution in [0.1, 0.15) is 18.4 Å². The van der Waals surface area contributed by atoms with Gasteiger partial charge in [0.2, 0.25) is 0 Å². The zero-order valence-corrected chi connectivity index (χ0v) is 13.4. The van der Waals surface area contributed by atoms with E-state index in [2.05, 4.69) is 15.6 Å². The number of ether oxygens (including phenoxy) is 1. The van der Waals surface area contributed by atoms with Crippen LogP contribution in [0.15, 0.2) is 48.8 Å². The van der Waals surface area contributed by atoms with E-state index in [0.717, 1.165) is 41.2 Å². The van der Waals surface area contributed by atoms with Crippen LogP contribution in [0.2, 0.25) is 5.02 Å². The average molecular weight is 315 g/mol. The first-order valence-corrected chi connectivity index (χ1v) is 7.90. The number of aryl methyl sites for hydroxylation is 2. The van der Waals surface area contributed by atoms with Gasteiger partial charge in [0.15, 0.2) is 0 Å². The Hall–Kier alpha value is -2.00. The third-order valence-corrected chi connectivity index (χ3v) is 4.14. The van der Waals surface area contributed by atoms with Crippen molar-refractivity contribution < 1.29 is 4.74 Å². The quantitative estimate of drug-likeness (QED) is 0.608. The number of fused-ring (bicyclic) bond motifs is 1. The van der Waals surface area contributed by atoms with E-state index in [4.69, 9.17) is 16.3 Å². The van der Waals surface area contributed by atoms with Crippen molar-refractivity contribution in [3.8, 4) is 5.75 Å². The molecule has 3 rings (SSSR count). The Kier molecular flexibility index (Phi) is 4.64. The first kappa shape index (κ1) is 14.9. The van der Waals surface area contributed by atoms with E-state index < -0.39 is 0 Å². The number of nitrogens with zero attached hydrogens (tertiary/aromatic N) is 2. The van der Waals surface area contributed by atoms with Crippen LogP contribution in [0.25, 0.3) is 11.0 Å². The Balaban J connectivity index is 1.46. The summed E-state index contributed by atoms with van der Waals surface area (Å²) in [5.74, 6) is 0.884. The normalized spacial score (nSPS) is 11.0. The monoisotopic (exact) mass is 314 g/mol. The molecule has 4 heteroatoms. The number of aromatic nitrogens is 2. The van der Waals surface area contributed by atoms with Crippen LogP contribution < -0.4 is 4.74 Å². The molecule has 1 heterocycles. The van der Waals surface area contributed by atoms with Gasteiger partial charge in [-0.3, -0.25) is 0 Å². The Morgan fingerprint density at radius 3 is 2.86 bits per heavy atom. The van der Waals surface area contributed by atoms with Crippen molar-refractivity contribution in [2.45, 2.75) is 26.3 Å². The number of unbranched alkanes of at least 4 members (excludes halogenated alkanes) is 1. The molecule has 0 N–H and O–H groups in total. The number of imidazole rings is 1. The van der Waals surface area contributed by atoms with Crippen LogP contribution in [0.5, 0.6) is 5.75 Å². The highest BCUT2D eigenvalue weighted by Crippen LogP contribution is 2.21. The maximum Gasteiger partial charge on any atom is 0.119 e. The third kappa shape index (κ3) is 3.42. The van der Waals surface area contributed by atoms with Gasteiger partial charge >= 0.3 is 0 Å². The lowest BCUT2D eigenvalue weighted by atomic mass is 10.2. The second-order valence-corrected chi connectivity index (χ2v) is 5.80. The summed E-state index contributed by atoms with van der Waals surface area (Å²) >= 11 is 6.00. The first-order chi connectivity index (χ1) is 10.7. The van der Waals surface area contributed by atoms with Crippen molar-refractivity contribution in [3.63, 3.8) is 0 Å². The summed E-state index contributed by atoms with van der Waals surface area (Å²) in [4.78, 5) is 4.40. The molecule has 0 bridgehead atoms. The molecule has 114 valence electrons. The van der Waals surface area contributed by atoms with Gasteiger partial charge in [0.25, 0.3) is 0 Å². The van der Waals surface area contributed by atoms with Crippen LogP contribution in [0, 0.1) is 6.92 Å². The zero-order valence-electron chi connectivity index (χ0n) is 12.6. The Morgan fingerprint density at radius 2 is 2.00 bits per heavy atom. The molecule has 3 aromatic rings. The van der Waals surface area contributed by atoms with E-state index in [1.165, 1.54) is 5.52 Å². The van der Waals surface area contributed by atoms with E-state index >= 15 is 0 Å². The van der Waals surface area contributed by atoms with Gasteiger partial charge in [-0.1, -0.05) is 23.7 Å². The van der Waals surface area contributed by atoms with Gasteiger partial charge in [0, 0.05) is 11.6 Å². The molecule has 0 aliphatic rings. The second-order valence-electron chi connectivity index (χ2n) is 5.39. The predicted octanol–water partition coefficient (Wildman–Crippen LogP) is 4.86. The van der Waals surface area contributed by atoms with E-state index in [0.29, 0.717) is 6.61 Å². The Bertz CT molecular complexity index is 767. The number of hydrogen-bond acceptors (Lipinski definition) is 2. The smallest absolute Gasteiger partial charge is 0.119 e. The highest BCUT2D eigenvalue weighted by Gasteiger charge is 2.02. The molecule has 22 heavy (non-hydrogen) atoms. The topological polar surface area (TPSA) is 27.1 Å². The number of benzene rings is 2. The molecule has 0 fully saturated rings. The number of hydrogen-bond donors (Lipinski definition) is 0. The molecule has 0 unspecified atom stereocenters. The summed E-state index contributed by atoms with van der Waals surface area (Å²) in [6, 6.07) is 14.0. The summed E-state index contributed by atoms with van der Waals surface area (Å²) in [5.41, 5.74) is 3.29. The molecule has 0 aliphatic heterocycles. The van der Waals surface area contributed by atoms with Crippen LogP contribution in [-0.2, 0) is 6.54 Å². The van der Waals surface area contributed by atoms with Crippen LogP contribution in [0.3, 0.4) is 0 Å². The van der Waals surface area contributed by atoms with Gasteiger partial charge in [-0.15, -0.1) is 0 Å². The van der Waals surface area contributed by atoms with Gasteiger partial charge in [0.05, 0.1) is 24.0 Å². The van der Waals surface area contributed by atoms with Crippen molar-refractivity contribution in [1.29, 1.82) is 0 Å². The molecule has 0 saturated heterocycles. The summed E-state index contributed by atoms with van der Waals surface area (Å²) < 4.78 is 7.96. The Morgan fingerprint density at radius 1 is 1.14 bits per heavy atom. The zero-order chi connectivity index (χ0) is 15.4. The molecule has 0 spiro atoms. The minimum absolute atomic E-state index is 0.716. The summed E-state index contributed by atoms with van der Waals surface area (Å²) in [7, 11) is 0. The first-order valence-electron chi connectivity index (χ1n) is 7.53. The molecule has 0 radical (unpaired) electrons. The third-order valence-electron chi connectivity index (χ3n) is 3.72. The predicted molar refractivity (Wildman–Crippen MR) is 90.7 cm³/mol. The molecule has 0 aliphatic carbocycles. The summed E-state index contributed by atoms with van der Waals surface area (Å²) in [5, 5.41) is 0.777. The molecule has 2 aromatic carbocycles. The molecule has 0 saturated carbocycles. The minimum atomic E-state index is 0.716. The number of halogens is 1. The minimum Gasteiger partial charge on any atom is -0.494 e. The number of rotatable bonds is 6. The second kappa shape index (κ2) is 6.84. The molecular formula is C18H19ClN2O. The largest absolute Gasteiger partial charge is 0.494 e. The van der Waals surface area contributed by atoms with Crippen LogP contribution >= 0.6 is 11.6 Å². The van der Waals surface area contributed by atoms with Gasteiger partial charge in [-0.2, -0.15) is 0 Å². The summed E-state index contributed by atoms with van der Waals surface area (Å²) in [6.45, 7) is 3.66. The summed E-state index contributed by atoms with van der Waals surface area (Å²) in [6.07, 6.45) is 3.98. The van der Waals surface area contributed by atoms with Crippen molar-refractivity contribution in [2.75, 3.05) is 6.61 Å². The fourth-order valence-electron chi connectivity index (χ4n) is 2.47. The lowest BCUT2D eigenvalue weighted by molar-refractivity contribution is 0.303. The average Bonchev–Trinajstić information content (AvgIpc) is 2.94. The highest BCUT2D eigenvalue weighted by molar-refractivity contribution is 6.31.